The molecule has 0 aliphatic carbocycles. The van der Waals surface area contributed by atoms with Crippen LogP contribution in [-0.2, 0) is 4.74 Å². The van der Waals surface area contributed by atoms with Gasteiger partial charge in [-0.15, -0.1) is 0 Å². The van der Waals surface area contributed by atoms with E-state index >= 15 is 0 Å². The van der Waals surface area contributed by atoms with Crippen LogP contribution in [0.25, 0.3) is 0 Å². The molecule has 1 aromatic rings. The van der Waals surface area contributed by atoms with Crippen LogP contribution < -0.4 is 10.5 Å². The first kappa shape index (κ1) is 11.3. The standard InChI is InChI=1S/C11H12FNO2S/c12-10-5-7(1-2-9(10)11(13)16)15-8-3-4-14-6-8/h1-2,5,8H,3-4,6H2,(H2,13,16). The molecule has 1 atom stereocenters. The zero-order chi connectivity index (χ0) is 11.5. The summed E-state index contributed by atoms with van der Waals surface area (Å²) >= 11 is 4.71. The van der Waals surface area contributed by atoms with Crippen molar-refractivity contribution in [2.24, 2.45) is 5.73 Å². The summed E-state index contributed by atoms with van der Waals surface area (Å²) in [6, 6.07) is 4.49. The van der Waals surface area contributed by atoms with E-state index in [2.05, 4.69) is 0 Å². The largest absolute Gasteiger partial charge is 0.488 e. The van der Waals surface area contributed by atoms with Crippen molar-refractivity contribution in [3.8, 4) is 5.75 Å². The molecular formula is C11H12FNO2S. The average Bonchev–Trinajstić information content (AvgIpc) is 2.70. The second-order valence-electron chi connectivity index (χ2n) is 3.61. The van der Waals surface area contributed by atoms with Gasteiger partial charge in [0.15, 0.2) is 0 Å². The lowest BCUT2D eigenvalue weighted by Crippen LogP contribution is -2.16. The number of hydrogen-bond acceptors (Lipinski definition) is 3. The molecule has 86 valence electrons. The van der Waals surface area contributed by atoms with E-state index in [4.69, 9.17) is 27.4 Å². The highest BCUT2D eigenvalue weighted by atomic mass is 32.1. The molecule has 1 aromatic carbocycles. The highest BCUT2D eigenvalue weighted by molar-refractivity contribution is 7.80. The zero-order valence-electron chi connectivity index (χ0n) is 8.61. The lowest BCUT2D eigenvalue weighted by molar-refractivity contribution is 0.141. The summed E-state index contributed by atoms with van der Waals surface area (Å²) in [4.78, 5) is 0.0493. The maximum absolute atomic E-state index is 13.5. The van der Waals surface area contributed by atoms with E-state index in [1.807, 2.05) is 0 Å². The molecule has 3 nitrogen and oxygen atoms in total. The molecule has 1 fully saturated rings. The van der Waals surface area contributed by atoms with E-state index in [0.717, 1.165) is 6.42 Å². The first-order valence-corrected chi connectivity index (χ1v) is 5.41. The lowest BCUT2D eigenvalue weighted by Gasteiger charge is -2.12. The van der Waals surface area contributed by atoms with Gasteiger partial charge in [-0.2, -0.15) is 0 Å². The molecule has 1 aliphatic heterocycles. The Morgan fingerprint density at radius 2 is 2.38 bits per heavy atom. The summed E-state index contributed by atoms with van der Waals surface area (Å²) in [6.07, 6.45) is 0.841. The Hall–Kier alpha value is -1.20. The van der Waals surface area contributed by atoms with Crippen LogP contribution in [-0.4, -0.2) is 24.3 Å². The van der Waals surface area contributed by atoms with Crippen LogP contribution in [0, 0.1) is 5.82 Å². The quantitative estimate of drug-likeness (QED) is 0.817. The van der Waals surface area contributed by atoms with Gasteiger partial charge in [0.2, 0.25) is 0 Å². The van der Waals surface area contributed by atoms with Crippen LogP contribution in [0.5, 0.6) is 5.75 Å². The van der Waals surface area contributed by atoms with E-state index < -0.39 is 5.82 Å². The first-order valence-electron chi connectivity index (χ1n) is 5.00. The van der Waals surface area contributed by atoms with Crippen molar-refractivity contribution >= 4 is 17.2 Å². The maximum Gasteiger partial charge on any atom is 0.137 e. The van der Waals surface area contributed by atoms with Crippen molar-refractivity contribution in [2.75, 3.05) is 13.2 Å². The van der Waals surface area contributed by atoms with Gasteiger partial charge in [-0.1, -0.05) is 12.2 Å². The third kappa shape index (κ3) is 2.48. The third-order valence-corrected chi connectivity index (χ3v) is 2.62. The molecule has 0 amide bonds. The van der Waals surface area contributed by atoms with Crippen molar-refractivity contribution < 1.29 is 13.9 Å². The van der Waals surface area contributed by atoms with E-state index in [0.29, 0.717) is 19.0 Å². The van der Waals surface area contributed by atoms with Crippen LogP contribution >= 0.6 is 12.2 Å². The van der Waals surface area contributed by atoms with Crippen molar-refractivity contribution in [3.63, 3.8) is 0 Å². The van der Waals surface area contributed by atoms with Crippen LogP contribution in [0.3, 0.4) is 0 Å². The highest BCUT2D eigenvalue weighted by Gasteiger charge is 2.17. The molecule has 5 heteroatoms. The van der Waals surface area contributed by atoms with Gasteiger partial charge >= 0.3 is 0 Å². The smallest absolute Gasteiger partial charge is 0.137 e. The molecule has 1 saturated heterocycles. The predicted molar refractivity (Wildman–Crippen MR) is 62.1 cm³/mol. The topological polar surface area (TPSA) is 44.5 Å². The monoisotopic (exact) mass is 241 g/mol. The molecule has 0 radical (unpaired) electrons. The van der Waals surface area contributed by atoms with Crippen molar-refractivity contribution in [3.05, 3.63) is 29.6 Å². The van der Waals surface area contributed by atoms with E-state index in [1.54, 1.807) is 6.07 Å². The number of hydrogen-bond donors (Lipinski definition) is 1. The molecule has 1 unspecified atom stereocenters. The minimum absolute atomic E-state index is 0.00933. The van der Waals surface area contributed by atoms with E-state index in [9.17, 15) is 4.39 Å². The van der Waals surface area contributed by atoms with Crippen molar-refractivity contribution in [1.82, 2.24) is 0 Å². The Morgan fingerprint density at radius 1 is 1.56 bits per heavy atom. The van der Waals surface area contributed by atoms with E-state index in [-0.39, 0.29) is 16.7 Å². The minimum Gasteiger partial charge on any atom is -0.488 e. The molecule has 0 aromatic heterocycles. The van der Waals surface area contributed by atoms with Crippen molar-refractivity contribution in [2.45, 2.75) is 12.5 Å². The van der Waals surface area contributed by atoms with Gasteiger partial charge < -0.3 is 15.2 Å². The van der Waals surface area contributed by atoms with Crippen molar-refractivity contribution in [1.29, 1.82) is 0 Å². The average molecular weight is 241 g/mol. The van der Waals surface area contributed by atoms with Gasteiger partial charge in [0.05, 0.1) is 13.2 Å². The van der Waals surface area contributed by atoms with Crippen LogP contribution in [0.15, 0.2) is 18.2 Å². The number of nitrogens with two attached hydrogens (primary N) is 1. The predicted octanol–water partition coefficient (Wildman–Crippen LogP) is 1.63. The minimum atomic E-state index is -0.455. The third-order valence-electron chi connectivity index (χ3n) is 2.40. The highest BCUT2D eigenvalue weighted by Crippen LogP contribution is 2.20. The lowest BCUT2D eigenvalue weighted by atomic mass is 10.2. The SMILES string of the molecule is NC(=S)c1ccc(OC2CCOC2)cc1F. The number of ether oxygens (including phenoxy) is 2. The maximum atomic E-state index is 13.5. The van der Waals surface area contributed by atoms with Crippen LogP contribution in [0.2, 0.25) is 0 Å². The Morgan fingerprint density at radius 3 is 2.94 bits per heavy atom. The zero-order valence-corrected chi connectivity index (χ0v) is 9.43. The summed E-state index contributed by atoms with van der Waals surface area (Å²) in [5, 5.41) is 0. The fourth-order valence-electron chi connectivity index (χ4n) is 1.57. The molecule has 1 aliphatic rings. The second-order valence-corrected chi connectivity index (χ2v) is 4.05. The van der Waals surface area contributed by atoms with Gasteiger partial charge in [0, 0.05) is 18.1 Å². The summed E-state index contributed by atoms with van der Waals surface area (Å²) in [7, 11) is 0. The number of benzene rings is 1. The first-order chi connectivity index (χ1) is 7.66. The molecule has 0 saturated carbocycles. The molecule has 0 spiro atoms. The number of halogens is 1. The fourth-order valence-corrected chi connectivity index (χ4v) is 1.73. The van der Waals surface area contributed by atoms with Gasteiger partial charge in [-0.25, -0.2) is 4.39 Å². The second kappa shape index (κ2) is 4.76. The molecule has 2 N–H and O–H groups in total. The molecule has 2 rings (SSSR count). The van der Waals surface area contributed by atoms with E-state index in [1.165, 1.54) is 12.1 Å². The summed E-state index contributed by atoms with van der Waals surface area (Å²) in [5.41, 5.74) is 5.60. The van der Waals surface area contributed by atoms with Gasteiger partial charge in [0.25, 0.3) is 0 Å². The molecule has 1 heterocycles. The number of rotatable bonds is 3. The Labute approximate surface area is 98.3 Å². The summed E-state index contributed by atoms with van der Waals surface area (Å²) < 4.78 is 24.2. The normalized spacial score (nSPS) is 19.7. The van der Waals surface area contributed by atoms with Gasteiger partial charge in [-0.05, 0) is 12.1 Å². The van der Waals surface area contributed by atoms with Crippen LogP contribution in [0.4, 0.5) is 4.39 Å². The Balaban J connectivity index is 2.11. The molecular weight excluding hydrogens is 229 g/mol. The summed E-state index contributed by atoms with van der Waals surface area (Å²) in [5.74, 6) is 0.0249. The van der Waals surface area contributed by atoms with Gasteiger partial charge in [0.1, 0.15) is 22.7 Å². The fraction of sp³-hybridized carbons (Fsp3) is 0.364. The summed E-state index contributed by atoms with van der Waals surface area (Å²) in [6.45, 7) is 1.25. The molecule has 0 bridgehead atoms. The van der Waals surface area contributed by atoms with Gasteiger partial charge in [-0.3, -0.25) is 0 Å². The number of thiocarbonyl (C=S) groups is 1. The Bertz CT molecular complexity index is 405. The molecule has 16 heavy (non-hydrogen) atoms. The van der Waals surface area contributed by atoms with Crippen LogP contribution in [0.1, 0.15) is 12.0 Å². The Kier molecular flexibility index (Phi) is 3.36.